The number of nitrogens with one attached hydrogen (secondary N) is 1. The number of ether oxygens (including phenoxy) is 6. The maximum absolute atomic E-state index is 11.9. The summed E-state index contributed by atoms with van der Waals surface area (Å²) in [5.74, 6) is -0.541. The molecule has 0 bridgehead atoms. The zero-order chi connectivity index (χ0) is 27.6. The molecule has 37 heavy (non-hydrogen) atoms. The van der Waals surface area contributed by atoms with Crippen molar-refractivity contribution >= 4 is 5.91 Å². The predicted octanol–water partition coefficient (Wildman–Crippen LogP) is -5.75. The molecule has 0 aromatic carbocycles. The normalized spacial score (nSPS) is 49.0. The van der Waals surface area contributed by atoms with Crippen molar-refractivity contribution in [1.29, 1.82) is 0 Å². The maximum Gasteiger partial charge on any atom is 0.217 e. The standard InChI is InChI=1S/C21H37NO15/c1-6-11(26)14(29)16(31)20(33-6)37-18-15(30)12(27)8(4-23)35-21(18)36-17-10(22-7(2)25)19(32-3)34-9(5-24)13(17)28/h6,8-21,23-24,26-31H,4-5H2,1-3H3,(H,22,25)/t6-,8+,9+,10+,11+,12-,13-,14+,15-,16-,17+,18+,19-,20-,21-/m0/s1. The van der Waals surface area contributed by atoms with Gasteiger partial charge in [-0.3, -0.25) is 4.79 Å². The van der Waals surface area contributed by atoms with Gasteiger partial charge < -0.3 is 74.6 Å². The number of aliphatic hydroxyl groups excluding tert-OH is 8. The second-order valence-electron chi connectivity index (χ2n) is 9.27. The molecule has 3 fully saturated rings. The van der Waals surface area contributed by atoms with Crippen LogP contribution in [-0.4, -0.2) is 159 Å². The summed E-state index contributed by atoms with van der Waals surface area (Å²) in [5.41, 5.74) is 0. The fraction of sp³-hybridized carbons (Fsp3) is 0.952. The molecule has 0 spiro atoms. The van der Waals surface area contributed by atoms with Crippen molar-refractivity contribution in [2.45, 2.75) is 106 Å². The summed E-state index contributed by atoms with van der Waals surface area (Å²) in [7, 11) is 1.26. The molecule has 0 aliphatic carbocycles. The van der Waals surface area contributed by atoms with Gasteiger partial charge in [0, 0.05) is 14.0 Å². The molecule has 0 aromatic heterocycles. The topological polar surface area (TPSA) is 246 Å². The van der Waals surface area contributed by atoms with Gasteiger partial charge in [0.15, 0.2) is 18.9 Å². The van der Waals surface area contributed by atoms with Crippen LogP contribution in [0.1, 0.15) is 13.8 Å². The van der Waals surface area contributed by atoms with Gasteiger partial charge in [0.25, 0.3) is 0 Å². The molecule has 3 heterocycles. The molecule has 3 aliphatic rings. The second-order valence-corrected chi connectivity index (χ2v) is 9.27. The van der Waals surface area contributed by atoms with E-state index in [4.69, 9.17) is 28.4 Å². The monoisotopic (exact) mass is 543 g/mol. The van der Waals surface area contributed by atoms with Crippen LogP contribution in [-0.2, 0) is 33.2 Å². The summed E-state index contributed by atoms with van der Waals surface area (Å²) < 4.78 is 33.3. The molecule has 0 aromatic rings. The largest absolute Gasteiger partial charge is 0.394 e. The SMILES string of the molecule is CO[C@H]1O[C@H](CO)[C@H](O)[C@H](O[C@@H]2O[C@H](CO)[C@H](O)[C@H](O)[C@H]2O[C@@H]2O[C@@H](C)[C@@H](O)[C@@H](O)[C@@H]2O)[C@H]1NC(C)=O. The molecule has 0 saturated carbocycles. The maximum atomic E-state index is 11.9. The van der Waals surface area contributed by atoms with E-state index in [-0.39, 0.29) is 0 Å². The van der Waals surface area contributed by atoms with Gasteiger partial charge in [-0.25, -0.2) is 0 Å². The third-order valence-electron chi connectivity index (χ3n) is 6.67. The zero-order valence-corrected chi connectivity index (χ0v) is 20.5. The lowest BCUT2D eigenvalue weighted by Crippen LogP contribution is -2.68. The van der Waals surface area contributed by atoms with E-state index in [9.17, 15) is 45.6 Å². The molecule has 3 saturated heterocycles. The van der Waals surface area contributed by atoms with Crippen molar-refractivity contribution in [2.75, 3.05) is 20.3 Å². The van der Waals surface area contributed by atoms with E-state index in [0.29, 0.717) is 0 Å². The molecule has 16 heteroatoms. The van der Waals surface area contributed by atoms with E-state index < -0.39 is 111 Å². The number of methoxy groups -OCH3 is 1. The van der Waals surface area contributed by atoms with Crippen molar-refractivity contribution in [2.24, 2.45) is 0 Å². The van der Waals surface area contributed by atoms with Crippen LogP contribution in [0.15, 0.2) is 0 Å². The smallest absolute Gasteiger partial charge is 0.217 e. The Morgan fingerprint density at radius 1 is 0.730 bits per heavy atom. The Bertz CT molecular complexity index is 747. The van der Waals surface area contributed by atoms with Crippen molar-refractivity contribution in [3.63, 3.8) is 0 Å². The number of carbonyl (C=O) groups is 1. The lowest BCUT2D eigenvalue weighted by atomic mass is 9.95. The van der Waals surface area contributed by atoms with Gasteiger partial charge in [-0.15, -0.1) is 0 Å². The van der Waals surface area contributed by atoms with Gasteiger partial charge in [-0.05, 0) is 6.92 Å². The summed E-state index contributed by atoms with van der Waals surface area (Å²) in [6.07, 6.45) is -21.0. The predicted molar refractivity (Wildman–Crippen MR) is 116 cm³/mol. The lowest BCUT2D eigenvalue weighted by molar-refractivity contribution is -0.380. The average Bonchev–Trinajstić information content (AvgIpc) is 2.86. The first-order chi connectivity index (χ1) is 17.4. The number of carbonyl (C=O) groups excluding carboxylic acids is 1. The summed E-state index contributed by atoms with van der Waals surface area (Å²) in [6.45, 7) is 1.20. The Hall–Kier alpha value is -1.09. The minimum absolute atomic E-state index is 0.541. The Morgan fingerprint density at radius 2 is 1.30 bits per heavy atom. The Balaban J connectivity index is 1.91. The van der Waals surface area contributed by atoms with E-state index in [1.165, 1.54) is 21.0 Å². The third-order valence-corrected chi connectivity index (χ3v) is 6.67. The number of hydrogen-bond donors (Lipinski definition) is 9. The van der Waals surface area contributed by atoms with Gasteiger partial charge >= 0.3 is 0 Å². The minimum atomic E-state index is -1.80. The zero-order valence-electron chi connectivity index (χ0n) is 20.5. The molecule has 0 unspecified atom stereocenters. The summed E-state index contributed by atoms with van der Waals surface area (Å²) in [6, 6.07) is -1.16. The number of rotatable bonds is 8. The van der Waals surface area contributed by atoms with Gasteiger partial charge in [0.2, 0.25) is 5.91 Å². The van der Waals surface area contributed by atoms with Crippen LogP contribution >= 0.6 is 0 Å². The highest BCUT2D eigenvalue weighted by Gasteiger charge is 2.54. The Kier molecular flexibility index (Phi) is 10.6. The fourth-order valence-corrected chi connectivity index (χ4v) is 4.57. The highest BCUT2D eigenvalue weighted by Crippen LogP contribution is 2.33. The highest BCUT2D eigenvalue weighted by atomic mass is 16.8. The molecule has 3 rings (SSSR count). The molecular formula is C21H37NO15. The summed E-state index contributed by atoms with van der Waals surface area (Å²) >= 11 is 0. The number of hydrogen-bond acceptors (Lipinski definition) is 15. The van der Waals surface area contributed by atoms with E-state index in [1.807, 2.05) is 0 Å². The van der Waals surface area contributed by atoms with E-state index >= 15 is 0 Å². The van der Waals surface area contributed by atoms with Crippen LogP contribution in [0.5, 0.6) is 0 Å². The molecule has 216 valence electrons. The number of aliphatic hydroxyl groups is 8. The molecule has 3 aliphatic heterocycles. The lowest BCUT2D eigenvalue weighted by Gasteiger charge is -2.49. The van der Waals surface area contributed by atoms with E-state index in [2.05, 4.69) is 5.32 Å². The minimum Gasteiger partial charge on any atom is -0.394 e. The third kappa shape index (κ3) is 6.39. The van der Waals surface area contributed by atoms with Crippen LogP contribution < -0.4 is 5.32 Å². The van der Waals surface area contributed by atoms with Gasteiger partial charge in [-0.1, -0.05) is 0 Å². The van der Waals surface area contributed by atoms with Gasteiger partial charge in [0.1, 0.15) is 67.1 Å². The van der Waals surface area contributed by atoms with E-state index in [1.54, 1.807) is 0 Å². The first-order valence-corrected chi connectivity index (χ1v) is 11.8. The fourth-order valence-electron chi connectivity index (χ4n) is 4.57. The van der Waals surface area contributed by atoms with Crippen molar-refractivity contribution in [3.05, 3.63) is 0 Å². The van der Waals surface area contributed by atoms with Crippen molar-refractivity contribution < 1.29 is 74.1 Å². The molecule has 15 atom stereocenters. The Labute approximate surface area is 212 Å². The highest BCUT2D eigenvalue weighted by molar-refractivity contribution is 5.73. The van der Waals surface area contributed by atoms with Crippen LogP contribution in [0.2, 0.25) is 0 Å². The van der Waals surface area contributed by atoms with Crippen LogP contribution in [0.25, 0.3) is 0 Å². The number of amides is 1. The quantitative estimate of drug-likeness (QED) is 0.138. The first kappa shape index (κ1) is 30.5. The molecule has 16 nitrogen and oxygen atoms in total. The van der Waals surface area contributed by atoms with Crippen molar-refractivity contribution in [3.8, 4) is 0 Å². The van der Waals surface area contributed by atoms with E-state index in [0.717, 1.165) is 0 Å². The Morgan fingerprint density at radius 3 is 1.86 bits per heavy atom. The first-order valence-electron chi connectivity index (χ1n) is 11.8. The average molecular weight is 544 g/mol. The summed E-state index contributed by atoms with van der Waals surface area (Å²) in [4.78, 5) is 11.9. The molecule has 0 radical (unpaired) electrons. The van der Waals surface area contributed by atoms with Gasteiger partial charge in [-0.2, -0.15) is 0 Å². The van der Waals surface area contributed by atoms with Crippen LogP contribution in [0.4, 0.5) is 0 Å². The van der Waals surface area contributed by atoms with Crippen LogP contribution in [0.3, 0.4) is 0 Å². The summed E-state index contributed by atoms with van der Waals surface area (Å²) in [5, 5.41) is 84.3. The van der Waals surface area contributed by atoms with Crippen LogP contribution in [0, 0.1) is 0 Å². The molecular weight excluding hydrogens is 506 g/mol. The van der Waals surface area contributed by atoms with Crippen molar-refractivity contribution in [1.82, 2.24) is 5.32 Å². The van der Waals surface area contributed by atoms with Gasteiger partial charge in [0.05, 0.1) is 19.3 Å². The second kappa shape index (κ2) is 12.8. The molecule has 1 amide bonds. The molecule has 9 N–H and O–H groups in total.